The summed E-state index contributed by atoms with van der Waals surface area (Å²) in [6.45, 7) is 5.42. The molecule has 52 heavy (non-hydrogen) atoms. The summed E-state index contributed by atoms with van der Waals surface area (Å²) in [5, 5.41) is 13.5. The minimum absolute atomic E-state index is 0.196. The summed E-state index contributed by atoms with van der Waals surface area (Å²) in [5.41, 5.74) is 4.28. The first-order chi connectivity index (χ1) is 25.2. The van der Waals surface area contributed by atoms with E-state index in [0.717, 1.165) is 90.7 Å². The van der Waals surface area contributed by atoms with Crippen LogP contribution < -0.4 is 10.9 Å². The van der Waals surface area contributed by atoms with Gasteiger partial charge in [0.15, 0.2) is 11.0 Å². The smallest absolute Gasteiger partial charge is 0.316 e. The predicted octanol–water partition coefficient (Wildman–Crippen LogP) is 7.11. The second-order valence-electron chi connectivity index (χ2n) is 13.4. The minimum atomic E-state index is -4.38. The molecule has 3 aromatic carbocycles. The lowest BCUT2D eigenvalue weighted by Crippen LogP contribution is -2.36. The molecule has 0 saturated carbocycles. The Balaban J connectivity index is 1.15. The van der Waals surface area contributed by atoms with Gasteiger partial charge < -0.3 is 19.4 Å². The maximum Gasteiger partial charge on any atom is 0.416 e. The van der Waals surface area contributed by atoms with E-state index in [-0.39, 0.29) is 11.4 Å². The number of fused-ring (bicyclic) bond motifs is 1. The van der Waals surface area contributed by atoms with Crippen LogP contribution in [-0.2, 0) is 44.4 Å². The largest absolute Gasteiger partial charge is 0.416 e. The lowest BCUT2D eigenvalue weighted by atomic mass is 10.0. The number of hydrogen-bond acceptors (Lipinski definition) is 7. The molecular formula is C39H41F4N7OS. The van der Waals surface area contributed by atoms with Crippen LogP contribution in [0.25, 0.3) is 11.1 Å². The van der Waals surface area contributed by atoms with Crippen molar-refractivity contribution in [2.45, 2.75) is 75.2 Å². The van der Waals surface area contributed by atoms with Crippen LogP contribution in [0.2, 0.25) is 0 Å². The fraction of sp³-hybridized carbons (Fsp3) is 0.385. The first kappa shape index (κ1) is 36.0. The highest BCUT2D eigenvalue weighted by Crippen LogP contribution is 2.31. The maximum absolute atomic E-state index is 13.6. The molecular weight excluding hydrogens is 691 g/mol. The van der Waals surface area contributed by atoms with Gasteiger partial charge in [-0.2, -0.15) is 18.2 Å². The zero-order valence-corrected chi connectivity index (χ0v) is 29.7. The molecule has 0 bridgehead atoms. The summed E-state index contributed by atoms with van der Waals surface area (Å²) >= 11 is 1.45. The molecule has 0 amide bonds. The van der Waals surface area contributed by atoms with Crippen molar-refractivity contribution < 1.29 is 17.6 Å². The van der Waals surface area contributed by atoms with E-state index >= 15 is 0 Å². The third-order valence-corrected chi connectivity index (χ3v) is 10.9. The van der Waals surface area contributed by atoms with Crippen LogP contribution in [0.15, 0.2) is 82.7 Å². The lowest BCUT2D eigenvalue weighted by molar-refractivity contribution is -0.137. The number of halogens is 4. The Morgan fingerprint density at radius 2 is 1.42 bits per heavy atom. The van der Waals surface area contributed by atoms with E-state index in [4.69, 9.17) is 0 Å². The van der Waals surface area contributed by atoms with E-state index in [1.807, 2.05) is 24.3 Å². The van der Waals surface area contributed by atoms with Gasteiger partial charge in [0.1, 0.15) is 11.6 Å². The van der Waals surface area contributed by atoms with Gasteiger partial charge in [-0.1, -0.05) is 66.7 Å². The molecule has 0 radical (unpaired) electrons. The van der Waals surface area contributed by atoms with Gasteiger partial charge in [-0.25, -0.2) is 4.39 Å². The fourth-order valence-electron chi connectivity index (χ4n) is 6.99. The number of piperidine rings is 1. The standard InChI is InChI=1S/C39H41F4N7OS/c40-32-17-9-28(10-18-32)26-52-38-45-37(51)33-5-4-6-34(33)49(38)25-36-47-46-35(23-44-19-22-48-20-2-1-3-21-48)50(36)24-27-7-11-29(12-8-27)30-13-15-31(16-14-30)39(41,42)43/h7-18,44H,1-6,19-26H2. The summed E-state index contributed by atoms with van der Waals surface area (Å²) in [5.74, 6) is 1.73. The highest BCUT2D eigenvalue weighted by molar-refractivity contribution is 7.98. The van der Waals surface area contributed by atoms with Gasteiger partial charge in [-0.05, 0) is 91.7 Å². The molecule has 2 aromatic heterocycles. The second-order valence-corrected chi connectivity index (χ2v) is 14.4. The van der Waals surface area contributed by atoms with E-state index in [2.05, 4.69) is 34.5 Å². The van der Waals surface area contributed by atoms with E-state index in [1.165, 1.54) is 55.3 Å². The summed E-state index contributed by atoms with van der Waals surface area (Å²) in [6, 6.07) is 19.3. The number of hydrogen-bond donors (Lipinski definition) is 1. The number of likely N-dealkylation sites (tertiary alicyclic amines) is 1. The number of thioether (sulfide) groups is 1. The maximum atomic E-state index is 13.6. The van der Waals surface area contributed by atoms with Crippen molar-refractivity contribution in [3.05, 3.63) is 129 Å². The molecule has 2 aliphatic rings. The zero-order valence-electron chi connectivity index (χ0n) is 28.8. The molecule has 0 spiro atoms. The van der Waals surface area contributed by atoms with Crippen LogP contribution in [0.4, 0.5) is 17.6 Å². The molecule has 13 heteroatoms. The van der Waals surface area contributed by atoms with Crippen molar-refractivity contribution in [2.75, 3.05) is 26.2 Å². The van der Waals surface area contributed by atoms with Gasteiger partial charge in [0.2, 0.25) is 0 Å². The molecule has 1 saturated heterocycles. The normalized spacial score (nSPS) is 14.9. The SMILES string of the molecule is O=c1nc(SCc2ccc(F)cc2)n(Cc2nnc(CNCCN3CCCCC3)n2Cc2ccc(-c3ccc(C(F)(F)F)cc3)cc2)c2c1CCC2. The Bertz CT molecular complexity index is 2020. The Labute approximate surface area is 304 Å². The van der Waals surface area contributed by atoms with Gasteiger partial charge in [0.25, 0.3) is 5.56 Å². The van der Waals surface area contributed by atoms with Crippen LogP contribution >= 0.6 is 11.8 Å². The van der Waals surface area contributed by atoms with E-state index < -0.39 is 11.7 Å². The molecule has 272 valence electrons. The summed E-state index contributed by atoms with van der Waals surface area (Å²) in [6.07, 6.45) is 1.72. The van der Waals surface area contributed by atoms with Gasteiger partial charge in [0.05, 0.1) is 25.2 Å². The van der Waals surface area contributed by atoms with Gasteiger partial charge in [0, 0.05) is 30.1 Å². The van der Waals surface area contributed by atoms with E-state index in [1.54, 1.807) is 12.1 Å². The van der Waals surface area contributed by atoms with Gasteiger partial charge in [-0.15, -0.1) is 10.2 Å². The summed E-state index contributed by atoms with van der Waals surface area (Å²) in [7, 11) is 0. The van der Waals surface area contributed by atoms with Crippen molar-refractivity contribution in [1.82, 2.24) is 34.5 Å². The summed E-state index contributed by atoms with van der Waals surface area (Å²) < 4.78 is 57.1. The Morgan fingerprint density at radius 1 is 0.750 bits per heavy atom. The number of nitrogens with zero attached hydrogens (tertiary/aromatic N) is 6. The molecule has 8 nitrogen and oxygen atoms in total. The monoisotopic (exact) mass is 731 g/mol. The first-order valence-electron chi connectivity index (χ1n) is 17.8. The molecule has 5 aromatic rings. The van der Waals surface area contributed by atoms with Crippen LogP contribution in [0, 0.1) is 5.82 Å². The molecule has 1 N–H and O–H groups in total. The van der Waals surface area contributed by atoms with Crippen LogP contribution in [-0.4, -0.2) is 55.4 Å². The Kier molecular flexibility index (Phi) is 11.2. The molecule has 1 aliphatic heterocycles. The van der Waals surface area contributed by atoms with Crippen LogP contribution in [0.1, 0.15) is 65.3 Å². The average molecular weight is 732 g/mol. The highest BCUT2D eigenvalue weighted by atomic mass is 32.2. The van der Waals surface area contributed by atoms with Crippen molar-refractivity contribution in [3.63, 3.8) is 0 Å². The van der Waals surface area contributed by atoms with Crippen LogP contribution in [0.3, 0.4) is 0 Å². The lowest BCUT2D eigenvalue weighted by Gasteiger charge is -2.26. The number of nitrogens with one attached hydrogen (secondary N) is 1. The first-order valence-corrected chi connectivity index (χ1v) is 18.8. The van der Waals surface area contributed by atoms with Crippen molar-refractivity contribution in [1.29, 1.82) is 0 Å². The number of aromatic nitrogens is 5. The topological polar surface area (TPSA) is 80.9 Å². The Morgan fingerprint density at radius 3 is 2.13 bits per heavy atom. The van der Waals surface area contributed by atoms with Crippen molar-refractivity contribution >= 4 is 11.8 Å². The van der Waals surface area contributed by atoms with E-state index in [0.29, 0.717) is 42.5 Å². The average Bonchev–Trinajstić information content (AvgIpc) is 3.80. The summed E-state index contributed by atoms with van der Waals surface area (Å²) in [4.78, 5) is 20.1. The fourth-order valence-corrected chi connectivity index (χ4v) is 7.96. The number of rotatable bonds is 13. The third-order valence-electron chi connectivity index (χ3n) is 9.86. The molecule has 7 rings (SSSR count). The molecule has 1 aliphatic carbocycles. The van der Waals surface area contributed by atoms with Gasteiger partial charge >= 0.3 is 6.18 Å². The van der Waals surface area contributed by atoms with Gasteiger partial charge in [-0.3, -0.25) is 4.79 Å². The Hall–Kier alpha value is -4.33. The third kappa shape index (κ3) is 8.65. The molecule has 0 unspecified atom stereocenters. The second kappa shape index (κ2) is 16.1. The van der Waals surface area contributed by atoms with E-state index in [9.17, 15) is 22.4 Å². The zero-order chi connectivity index (χ0) is 36.1. The minimum Gasteiger partial charge on any atom is -0.316 e. The predicted molar refractivity (Wildman–Crippen MR) is 194 cm³/mol. The van der Waals surface area contributed by atoms with Crippen LogP contribution in [0.5, 0.6) is 0 Å². The molecule has 0 atom stereocenters. The van der Waals surface area contributed by atoms with Crippen molar-refractivity contribution in [3.8, 4) is 11.1 Å². The van der Waals surface area contributed by atoms with Crippen molar-refractivity contribution in [2.24, 2.45) is 0 Å². The number of benzene rings is 3. The highest BCUT2D eigenvalue weighted by Gasteiger charge is 2.30. The molecule has 1 fully saturated rings. The number of alkyl halides is 3. The molecule has 3 heterocycles. The quantitative estimate of drug-likeness (QED) is 0.0599.